The van der Waals surface area contributed by atoms with Gasteiger partial charge in [-0.25, -0.2) is 4.98 Å². The predicted octanol–water partition coefficient (Wildman–Crippen LogP) is 1.99. The number of rotatable bonds is 4. The second-order valence-corrected chi connectivity index (χ2v) is 7.12. The first-order valence-electron chi connectivity index (χ1n) is 8.96. The molecule has 3 heterocycles. The molecular weight excluding hydrogens is 312 g/mol. The maximum Gasteiger partial charge on any atom is 0.181 e. The fourth-order valence-corrected chi connectivity index (χ4v) is 3.59. The number of hydrogen-bond donors (Lipinski definition) is 0. The summed E-state index contributed by atoms with van der Waals surface area (Å²) in [5.74, 6) is 0.786. The van der Waals surface area contributed by atoms with Gasteiger partial charge < -0.3 is 9.47 Å². The SMILES string of the molecule is Cc1cn(CCN2CCN(C)CC2)c2ccc(-c3ncn(C)n3)cc12. The zero-order chi connectivity index (χ0) is 17.4. The van der Waals surface area contributed by atoms with Gasteiger partial charge in [0, 0.05) is 69.0 Å². The first-order valence-corrected chi connectivity index (χ1v) is 8.96. The van der Waals surface area contributed by atoms with Crippen LogP contribution in [-0.2, 0) is 13.6 Å². The molecule has 0 aliphatic carbocycles. The van der Waals surface area contributed by atoms with Crippen LogP contribution in [0.3, 0.4) is 0 Å². The van der Waals surface area contributed by atoms with Crippen LogP contribution < -0.4 is 0 Å². The Balaban J connectivity index is 1.54. The lowest BCUT2D eigenvalue weighted by Gasteiger charge is -2.32. The average molecular weight is 338 g/mol. The number of fused-ring (bicyclic) bond motifs is 1. The molecule has 2 aromatic heterocycles. The first-order chi connectivity index (χ1) is 12.1. The molecule has 0 atom stereocenters. The van der Waals surface area contributed by atoms with Crippen molar-refractivity contribution in [2.45, 2.75) is 13.5 Å². The summed E-state index contributed by atoms with van der Waals surface area (Å²) in [6.07, 6.45) is 4.02. The van der Waals surface area contributed by atoms with Crippen LogP contribution in [0.15, 0.2) is 30.7 Å². The van der Waals surface area contributed by atoms with Gasteiger partial charge in [-0.05, 0) is 37.7 Å². The molecule has 0 saturated carbocycles. The lowest BCUT2D eigenvalue weighted by atomic mass is 10.1. The fraction of sp³-hybridized carbons (Fsp3) is 0.474. The van der Waals surface area contributed by atoms with Crippen molar-refractivity contribution < 1.29 is 0 Å². The van der Waals surface area contributed by atoms with Crippen molar-refractivity contribution in [1.82, 2.24) is 29.1 Å². The Kier molecular flexibility index (Phi) is 4.31. The highest BCUT2D eigenvalue weighted by Gasteiger charge is 2.14. The topological polar surface area (TPSA) is 42.1 Å². The molecular formula is C19H26N6. The van der Waals surface area contributed by atoms with E-state index in [1.165, 1.54) is 42.6 Å². The Morgan fingerprint density at radius 3 is 2.56 bits per heavy atom. The van der Waals surface area contributed by atoms with E-state index < -0.39 is 0 Å². The average Bonchev–Trinajstić information content (AvgIpc) is 3.18. The number of aryl methyl sites for hydroxylation is 2. The van der Waals surface area contributed by atoms with Crippen molar-refractivity contribution in [2.24, 2.45) is 7.05 Å². The summed E-state index contributed by atoms with van der Waals surface area (Å²) in [7, 11) is 4.10. The molecule has 1 aliphatic rings. The fourth-order valence-electron chi connectivity index (χ4n) is 3.59. The summed E-state index contributed by atoms with van der Waals surface area (Å²) in [6, 6.07) is 6.55. The van der Waals surface area contributed by atoms with E-state index in [4.69, 9.17) is 0 Å². The van der Waals surface area contributed by atoms with Crippen LogP contribution in [-0.4, -0.2) is 68.9 Å². The van der Waals surface area contributed by atoms with Crippen LogP contribution in [0.1, 0.15) is 5.56 Å². The van der Waals surface area contributed by atoms with E-state index in [1.807, 2.05) is 7.05 Å². The second-order valence-electron chi connectivity index (χ2n) is 7.12. The minimum Gasteiger partial charge on any atom is -0.346 e. The van der Waals surface area contributed by atoms with Gasteiger partial charge in [-0.15, -0.1) is 0 Å². The highest BCUT2D eigenvalue weighted by molar-refractivity contribution is 5.87. The van der Waals surface area contributed by atoms with Gasteiger partial charge in [-0.2, -0.15) is 5.10 Å². The van der Waals surface area contributed by atoms with Gasteiger partial charge in [0.25, 0.3) is 0 Å². The van der Waals surface area contributed by atoms with Crippen molar-refractivity contribution in [1.29, 1.82) is 0 Å². The number of benzene rings is 1. The maximum atomic E-state index is 4.42. The van der Waals surface area contributed by atoms with E-state index in [9.17, 15) is 0 Å². The van der Waals surface area contributed by atoms with Crippen LogP contribution in [0.4, 0.5) is 0 Å². The van der Waals surface area contributed by atoms with Crippen LogP contribution in [0, 0.1) is 6.92 Å². The molecule has 132 valence electrons. The molecule has 0 unspecified atom stereocenters. The minimum atomic E-state index is 0.786. The molecule has 0 radical (unpaired) electrons. The number of hydrogen-bond acceptors (Lipinski definition) is 4. The van der Waals surface area contributed by atoms with Crippen molar-refractivity contribution in [3.8, 4) is 11.4 Å². The largest absolute Gasteiger partial charge is 0.346 e. The Morgan fingerprint density at radius 2 is 1.84 bits per heavy atom. The van der Waals surface area contributed by atoms with E-state index in [-0.39, 0.29) is 0 Å². The second kappa shape index (κ2) is 6.61. The molecule has 6 nitrogen and oxygen atoms in total. The lowest BCUT2D eigenvalue weighted by molar-refractivity contribution is 0.150. The highest BCUT2D eigenvalue weighted by Crippen LogP contribution is 2.26. The lowest BCUT2D eigenvalue weighted by Crippen LogP contribution is -2.45. The monoisotopic (exact) mass is 338 g/mol. The van der Waals surface area contributed by atoms with Crippen LogP contribution in [0.25, 0.3) is 22.3 Å². The van der Waals surface area contributed by atoms with Gasteiger partial charge in [0.15, 0.2) is 5.82 Å². The van der Waals surface area contributed by atoms with Gasteiger partial charge in [0.2, 0.25) is 0 Å². The van der Waals surface area contributed by atoms with Crippen LogP contribution in [0.2, 0.25) is 0 Å². The molecule has 0 amide bonds. The summed E-state index contributed by atoms with van der Waals surface area (Å²) in [6.45, 7) is 9.02. The molecule has 1 fully saturated rings. The number of piperazine rings is 1. The summed E-state index contributed by atoms with van der Waals surface area (Å²) in [5, 5.41) is 5.71. The Morgan fingerprint density at radius 1 is 1.04 bits per heavy atom. The minimum absolute atomic E-state index is 0.786. The first kappa shape index (κ1) is 16.3. The third-order valence-electron chi connectivity index (χ3n) is 5.19. The summed E-state index contributed by atoms with van der Waals surface area (Å²) in [5.41, 5.74) is 3.69. The van der Waals surface area contributed by atoms with Crippen molar-refractivity contribution in [3.63, 3.8) is 0 Å². The molecule has 1 aliphatic heterocycles. The summed E-state index contributed by atoms with van der Waals surface area (Å²) < 4.78 is 4.13. The van der Waals surface area contributed by atoms with Gasteiger partial charge in [-0.1, -0.05) is 0 Å². The Hall–Kier alpha value is -2.18. The molecule has 1 aromatic carbocycles. The van der Waals surface area contributed by atoms with E-state index in [1.54, 1.807) is 11.0 Å². The van der Waals surface area contributed by atoms with Gasteiger partial charge >= 0.3 is 0 Å². The van der Waals surface area contributed by atoms with Crippen molar-refractivity contribution in [3.05, 3.63) is 36.3 Å². The molecule has 0 N–H and O–H groups in total. The predicted molar refractivity (Wildman–Crippen MR) is 101 cm³/mol. The molecule has 3 aromatic rings. The van der Waals surface area contributed by atoms with Gasteiger partial charge in [-0.3, -0.25) is 9.58 Å². The quantitative estimate of drug-likeness (QED) is 0.730. The normalized spacial score (nSPS) is 16.8. The molecule has 0 bridgehead atoms. The number of aromatic nitrogens is 4. The Bertz CT molecular complexity index is 869. The van der Waals surface area contributed by atoms with E-state index in [0.717, 1.165) is 24.5 Å². The molecule has 4 rings (SSSR count). The van der Waals surface area contributed by atoms with E-state index in [0.29, 0.717) is 0 Å². The number of likely N-dealkylation sites (N-methyl/N-ethyl adjacent to an activating group) is 1. The van der Waals surface area contributed by atoms with Crippen molar-refractivity contribution in [2.75, 3.05) is 39.8 Å². The third kappa shape index (κ3) is 3.32. The van der Waals surface area contributed by atoms with Crippen molar-refractivity contribution >= 4 is 10.9 Å². The van der Waals surface area contributed by atoms with E-state index in [2.05, 4.69) is 62.8 Å². The standard InChI is InChI=1S/C19H26N6/c1-15-13-25(11-10-24-8-6-22(2)7-9-24)18-5-4-16(12-17(15)18)19-20-14-23(3)21-19/h4-5,12-14H,6-11H2,1-3H3. The van der Waals surface area contributed by atoms with Gasteiger partial charge in [0.1, 0.15) is 6.33 Å². The summed E-state index contributed by atoms with van der Waals surface area (Å²) >= 11 is 0. The number of nitrogens with zero attached hydrogens (tertiary/aromatic N) is 6. The highest BCUT2D eigenvalue weighted by atomic mass is 15.3. The Labute approximate surface area is 148 Å². The smallest absolute Gasteiger partial charge is 0.181 e. The zero-order valence-electron chi connectivity index (χ0n) is 15.3. The third-order valence-corrected chi connectivity index (χ3v) is 5.19. The van der Waals surface area contributed by atoms with Gasteiger partial charge in [0.05, 0.1) is 0 Å². The van der Waals surface area contributed by atoms with Crippen LogP contribution >= 0.6 is 0 Å². The zero-order valence-corrected chi connectivity index (χ0v) is 15.3. The maximum absolute atomic E-state index is 4.42. The molecule has 6 heteroatoms. The summed E-state index contributed by atoms with van der Waals surface area (Å²) in [4.78, 5) is 9.33. The molecule has 25 heavy (non-hydrogen) atoms. The van der Waals surface area contributed by atoms with E-state index >= 15 is 0 Å². The molecule has 1 saturated heterocycles. The molecule has 0 spiro atoms. The van der Waals surface area contributed by atoms with Crippen LogP contribution in [0.5, 0.6) is 0 Å².